The third-order valence-corrected chi connectivity index (χ3v) is 5.51. The predicted octanol–water partition coefficient (Wildman–Crippen LogP) is 7.90. The number of rotatable bonds is 7. The summed E-state index contributed by atoms with van der Waals surface area (Å²) in [7, 11) is 0. The number of halogens is 6. The Balaban J connectivity index is 1.57. The lowest BCUT2D eigenvalue weighted by Gasteiger charge is -2.27. The Morgan fingerprint density at radius 3 is 1.82 bits per heavy atom. The lowest BCUT2D eigenvalue weighted by molar-refractivity contribution is -0.286. The molecule has 0 aromatic heterocycles. The fraction of sp³-hybridized carbons (Fsp3) is 0.280. The van der Waals surface area contributed by atoms with Crippen LogP contribution in [-0.2, 0) is 18.3 Å². The molecule has 0 atom stereocenters. The van der Waals surface area contributed by atoms with Gasteiger partial charge in [0.1, 0.15) is 0 Å². The van der Waals surface area contributed by atoms with Crippen molar-refractivity contribution < 1.29 is 35.8 Å². The third-order valence-electron chi connectivity index (χ3n) is 5.51. The summed E-state index contributed by atoms with van der Waals surface area (Å²) in [5.41, 5.74) is 0.460. The molecule has 3 aromatic rings. The number of unbranched alkanes of at least 4 members (excludes halogenated alkanes) is 1. The van der Waals surface area contributed by atoms with E-state index in [0.29, 0.717) is 17.7 Å². The van der Waals surface area contributed by atoms with Gasteiger partial charge in [0.15, 0.2) is 11.5 Å². The molecule has 1 aliphatic rings. The molecule has 174 valence electrons. The Morgan fingerprint density at radius 2 is 1.21 bits per heavy atom. The number of fused-ring (bicyclic) bond motifs is 1. The van der Waals surface area contributed by atoms with Gasteiger partial charge in [0.05, 0.1) is 0 Å². The van der Waals surface area contributed by atoms with E-state index in [1.807, 2.05) is 24.3 Å². The fourth-order valence-corrected chi connectivity index (χ4v) is 3.62. The summed E-state index contributed by atoms with van der Waals surface area (Å²) >= 11 is 0. The molecule has 8 heteroatoms. The Hall–Kier alpha value is -3.16. The summed E-state index contributed by atoms with van der Waals surface area (Å²) in [5, 5.41) is 0. The van der Waals surface area contributed by atoms with Gasteiger partial charge >= 0.3 is 18.1 Å². The van der Waals surface area contributed by atoms with Gasteiger partial charge in [-0.3, -0.25) is 0 Å². The standard InChI is InChI=1S/C25H20F6O2/c1-2-3-4-16-5-7-17(8-6-16)18-9-11-19(12-10-18)23(26,27)24(28,29)20-13-14-21-22(15-20)33-25(30,31)32-21/h5-15H,2-4H2,1H3. The minimum Gasteiger partial charge on any atom is -0.395 e. The Kier molecular flexibility index (Phi) is 5.80. The van der Waals surface area contributed by atoms with Crippen molar-refractivity contribution >= 4 is 0 Å². The molecule has 1 heterocycles. The number of benzene rings is 3. The van der Waals surface area contributed by atoms with Crippen LogP contribution in [-0.4, -0.2) is 6.29 Å². The molecule has 0 saturated carbocycles. The highest BCUT2D eigenvalue weighted by Crippen LogP contribution is 2.52. The van der Waals surface area contributed by atoms with Crippen LogP contribution in [0.25, 0.3) is 11.1 Å². The summed E-state index contributed by atoms with van der Waals surface area (Å²) in [5.74, 6) is -10.5. The molecule has 0 radical (unpaired) electrons. The van der Waals surface area contributed by atoms with E-state index in [9.17, 15) is 26.3 Å². The molecule has 3 aromatic carbocycles. The topological polar surface area (TPSA) is 18.5 Å². The number of hydrogen-bond donors (Lipinski definition) is 0. The van der Waals surface area contributed by atoms with Crippen LogP contribution >= 0.6 is 0 Å². The van der Waals surface area contributed by atoms with E-state index in [1.54, 1.807) is 0 Å². The van der Waals surface area contributed by atoms with Crippen molar-refractivity contribution in [2.24, 2.45) is 0 Å². The highest BCUT2D eigenvalue weighted by molar-refractivity contribution is 5.64. The van der Waals surface area contributed by atoms with Gasteiger partial charge < -0.3 is 9.47 Å². The summed E-state index contributed by atoms with van der Waals surface area (Å²) in [6, 6.07) is 14.0. The zero-order valence-corrected chi connectivity index (χ0v) is 17.6. The van der Waals surface area contributed by atoms with E-state index < -0.39 is 40.8 Å². The van der Waals surface area contributed by atoms with Crippen molar-refractivity contribution in [3.8, 4) is 22.6 Å². The summed E-state index contributed by atoms with van der Waals surface area (Å²) < 4.78 is 93.9. The molecular formula is C25H20F6O2. The number of alkyl halides is 6. The van der Waals surface area contributed by atoms with Crippen LogP contribution in [0.5, 0.6) is 11.5 Å². The van der Waals surface area contributed by atoms with Crippen molar-refractivity contribution in [3.63, 3.8) is 0 Å². The van der Waals surface area contributed by atoms with Crippen LogP contribution in [0, 0.1) is 0 Å². The Labute approximate surface area is 186 Å². The molecule has 4 rings (SSSR count). The summed E-state index contributed by atoms with van der Waals surface area (Å²) in [6.07, 6.45) is -0.971. The summed E-state index contributed by atoms with van der Waals surface area (Å²) in [6.45, 7) is 2.10. The van der Waals surface area contributed by atoms with Gasteiger partial charge in [-0.25, -0.2) is 0 Å². The van der Waals surface area contributed by atoms with Gasteiger partial charge in [-0.1, -0.05) is 61.9 Å². The largest absolute Gasteiger partial charge is 0.586 e. The number of aryl methyl sites for hydroxylation is 1. The van der Waals surface area contributed by atoms with E-state index in [0.717, 1.165) is 48.6 Å². The smallest absolute Gasteiger partial charge is 0.395 e. The third kappa shape index (κ3) is 4.38. The molecule has 2 nitrogen and oxygen atoms in total. The first-order valence-corrected chi connectivity index (χ1v) is 10.4. The monoisotopic (exact) mass is 466 g/mol. The van der Waals surface area contributed by atoms with Gasteiger partial charge in [0.2, 0.25) is 0 Å². The van der Waals surface area contributed by atoms with Gasteiger partial charge in [0.25, 0.3) is 0 Å². The molecule has 0 fully saturated rings. The first kappa shape index (κ1) is 23.0. The fourth-order valence-electron chi connectivity index (χ4n) is 3.62. The van der Waals surface area contributed by atoms with E-state index in [2.05, 4.69) is 16.4 Å². The Bertz CT molecular complexity index is 1120. The zero-order valence-electron chi connectivity index (χ0n) is 17.6. The normalized spacial score (nSPS) is 15.0. The molecule has 0 saturated heterocycles. The SMILES string of the molecule is CCCCc1ccc(-c2ccc(C(F)(F)C(F)(F)c3ccc4c(c3)OC(F)(F)O4)cc2)cc1. The van der Waals surface area contributed by atoms with Crippen molar-refractivity contribution in [1.29, 1.82) is 0 Å². The Morgan fingerprint density at radius 1 is 0.697 bits per heavy atom. The second kappa shape index (κ2) is 8.32. The maximum Gasteiger partial charge on any atom is 0.586 e. The van der Waals surface area contributed by atoms with Crippen molar-refractivity contribution in [2.75, 3.05) is 0 Å². The van der Waals surface area contributed by atoms with E-state index in [-0.39, 0.29) is 0 Å². The van der Waals surface area contributed by atoms with E-state index in [4.69, 9.17) is 0 Å². The molecule has 0 amide bonds. The maximum atomic E-state index is 14.9. The minimum atomic E-state index is -4.69. The van der Waals surface area contributed by atoms with Crippen molar-refractivity contribution in [3.05, 3.63) is 83.4 Å². The van der Waals surface area contributed by atoms with Crippen LogP contribution in [0.1, 0.15) is 36.5 Å². The zero-order chi connectivity index (χ0) is 23.9. The van der Waals surface area contributed by atoms with Crippen LogP contribution in [0.4, 0.5) is 26.3 Å². The maximum absolute atomic E-state index is 14.9. The van der Waals surface area contributed by atoms with E-state index >= 15 is 0 Å². The average Bonchev–Trinajstić information content (AvgIpc) is 3.11. The molecule has 1 aliphatic heterocycles. The van der Waals surface area contributed by atoms with Gasteiger partial charge in [-0.15, -0.1) is 8.78 Å². The average molecular weight is 466 g/mol. The molecular weight excluding hydrogens is 446 g/mol. The minimum absolute atomic E-state index is 0.443. The second-order valence-corrected chi connectivity index (χ2v) is 7.86. The highest BCUT2D eigenvalue weighted by atomic mass is 19.3. The van der Waals surface area contributed by atoms with Gasteiger partial charge in [0, 0.05) is 11.1 Å². The van der Waals surface area contributed by atoms with Crippen LogP contribution in [0.3, 0.4) is 0 Å². The molecule has 0 spiro atoms. The molecule has 0 N–H and O–H groups in total. The van der Waals surface area contributed by atoms with Crippen molar-refractivity contribution in [1.82, 2.24) is 0 Å². The number of ether oxygens (including phenoxy) is 2. The number of hydrogen-bond acceptors (Lipinski definition) is 2. The first-order chi connectivity index (χ1) is 15.5. The van der Waals surface area contributed by atoms with Crippen molar-refractivity contribution in [2.45, 2.75) is 44.3 Å². The van der Waals surface area contributed by atoms with Gasteiger partial charge in [-0.05, 0) is 47.7 Å². The molecule has 0 unspecified atom stereocenters. The molecule has 33 heavy (non-hydrogen) atoms. The molecule has 0 aliphatic carbocycles. The first-order valence-electron chi connectivity index (χ1n) is 10.4. The molecule has 0 bridgehead atoms. The van der Waals surface area contributed by atoms with Crippen LogP contribution in [0.15, 0.2) is 66.7 Å². The lowest BCUT2D eigenvalue weighted by Crippen LogP contribution is -2.35. The van der Waals surface area contributed by atoms with Crippen LogP contribution < -0.4 is 9.47 Å². The van der Waals surface area contributed by atoms with Gasteiger partial charge in [-0.2, -0.15) is 17.6 Å². The lowest BCUT2D eigenvalue weighted by atomic mass is 9.94. The summed E-state index contributed by atoms with van der Waals surface area (Å²) in [4.78, 5) is 0. The van der Waals surface area contributed by atoms with E-state index in [1.165, 1.54) is 12.1 Å². The highest BCUT2D eigenvalue weighted by Gasteiger charge is 2.59. The quantitative estimate of drug-likeness (QED) is 0.330. The second-order valence-electron chi connectivity index (χ2n) is 7.86. The predicted molar refractivity (Wildman–Crippen MR) is 111 cm³/mol. The van der Waals surface area contributed by atoms with Crippen LogP contribution in [0.2, 0.25) is 0 Å².